The van der Waals surface area contributed by atoms with E-state index in [1.165, 1.54) is 0 Å². The van der Waals surface area contributed by atoms with Crippen molar-refractivity contribution in [1.82, 2.24) is 10.6 Å². The zero-order chi connectivity index (χ0) is 14.1. The SMILES string of the molecule is CCCNC(=O)CCCC(=O)NC1(CN)CCCC1. The van der Waals surface area contributed by atoms with E-state index in [1.54, 1.807) is 0 Å². The number of carbonyl (C=O) groups is 2. The Balaban J connectivity index is 2.19. The molecule has 0 saturated heterocycles. The summed E-state index contributed by atoms with van der Waals surface area (Å²) in [6.07, 6.45) is 6.59. The molecule has 0 bridgehead atoms. The van der Waals surface area contributed by atoms with E-state index in [4.69, 9.17) is 5.73 Å². The average Bonchev–Trinajstić information content (AvgIpc) is 2.85. The van der Waals surface area contributed by atoms with E-state index < -0.39 is 0 Å². The molecule has 0 spiro atoms. The van der Waals surface area contributed by atoms with Crippen LogP contribution in [0.1, 0.15) is 58.3 Å². The largest absolute Gasteiger partial charge is 0.356 e. The van der Waals surface area contributed by atoms with Crippen molar-refractivity contribution in [3.63, 3.8) is 0 Å². The van der Waals surface area contributed by atoms with Crippen LogP contribution in [-0.2, 0) is 9.59 Å². The van der Waals surface area contributed by atoms with Gasteiger partial charge in [-0.3, -0.25) is 9.59 Å². The molecule has 0 aromatic rings. The van der Waals surface area contributed by atoms with Crippen molar-refractivity contribution < 1.29 is 9.59 Å². The van der Waals surface area contributed by atoms with Crippen LogP contribution in [0.25, 0.3) is 0 Å². The van der Waals surface area contributed by atoms with Gasteiger partial charge < -0.3 is 16.4 Å². The van der Waals surface area contributed by atoms with E-state index in [-0.39, 0.29) is 17.4 Å². The van der Waals surface area contributed by atoms with Crippen molar-refractivity contribution in [2.24, 2.45) is 5.73 Å². The minimum atomic E-state index is -0.179. The number of amides is 2. The van der Waals surface area contributed by atoms with Crippen LogP contribution in [0.3, 0.4) is 0 Å². The fraction of sp³-hybridized carbons (Fsp3) is 0.857. The van der Waals surface area contributed by atoms with Gasteiger partial charge in [0.2, 0.25) is 11.8 Å². The van der Waals surface area contributed by atoms with Gasteiger partial charge >= 0.3 is 0 Å². The fourth-order valence-electron chi connectivity index (χ4n) is 2.55. The molecule has 0 aromatic carbocycles. The number of rotatable bonds is 8. The highest BCUT2D eigenvalue weighted by Gasteiger charge is 2.33. The molecule has 19 heavy (non-hydrogen) atoms. The van der Waals surface area contributed by atoms with Crippen LogP contribution in [0.4, 0.5) is 0 Å². The molecule has 1 rings (SSSR count). The Morgan fingerprint density at radius 2 is 1.79 bits per heavy atom. The van der Waals surface area contributed by atoms with Crippen LogP contribution >= 0.6 is 0 Å². The molecule has 1 aliphatic carbocycles. The van der Waals surface area contributed by atoms with Gasteiger partial charge in [0.25, 0.3) is 0 Å². The highest BCUT2D eigenvalue weighted by atomic mass is 16.2. The zero-order valence-electron chi connectivity index (χ0n) is 12.0. The van der Waals surface area contributed by atoms with Gasteiger partial charge in [-0.25, -0.2) is 0 Å². The second-order valence-electron chi connectivity index (χ2n) is 5.44. The number of carbonyl (C=O) groups excluding carboxylic acids is 2. The van der Waals surface area contributed by atoms with Gasteiger partial charge in [0.05, 0.1) is 5.54 Å². The normalized spacial score (nSPS) is 17.2. The van der Waals surface area contributed by atoms with Crippen molar-refractivity contribution in [2.75, 3.05) is 13.1 Å². The summed E-state index contributed by atoms with van der Waals surface area (Å²) in [4.78, 5) is 23.2. The van der Waals surface area contributed by atoms with E-state index in [0.29, 0.717) is 32.4 Å². The molecule has 1 aliphatic rings. The smallest absolute Gasteiger partial charge is 0.220 e. The molecular formula is C14H27N3O2. The third-order valence-electron chi connectivity index (χ3n) is 3.74. The lowest BCUT2D eigenvalue weighted by Gasteiger charge is -2.28. The average molecular weight is 269 g/mol. The molecule has 1 saturated carbocycles. The molecule has 0 aromatic heterocycles. The van der Waals surface area contributed by atoms with Gasteiger partial charge in [0, 0.05) is 25.9 Å². The summed E-state index contributed by atoms with van der Waals surface area (Å²) >= 11 is 0. The molecule has 0 aliphatic heterocycles. The number of hydrogen-bond acceptors (Lipinski definition) is 3. The minimum absolute atomic E-state index is 0.0237. The van der Waals surface area contributed by atoms with Crippen LogP contribution in [0.5, 0.6) is 0 Å². The molecule has 0 radical (unpaired) electrons. The molecular weight excluding hydrogens is 242 g/mol. The maximum atomic E-state index is 11.9. The van der Waals surface area contributed by atoms with E-state index in [0.717, 1.165) is 32.1 Å². The Morgan fingerprint density at radius 1 is 1.16 bits per heavy atom. The standard InChI is InChI=1S/C14H27N3O2/c1-2-10-16-12(18)6-5-7-13(19)17-14(11-15)8-3-4-9-14/h2-11,15H2,1H3,(H,16,18)(H,17,19). The lowest BCUT2D eigenvalue weighted by Crippen LogP contribution is -2.51. The Hall–Kier alpha value is -1.10. The summed E-state index contributed by atoms with van der Waals surface area (Å²) in [6.45, 7) is 3.23. The fourth-order valence-corrected chi connectivity index (χ4v) is 2.55. The molecule has 0 heterocycles. The molecule has 0 atom stereocenters. The van der Waals surface area contributed by atoms with Crippen molar-refractivity contribution in [1.29, 1.82) is 0 Å². The molecule has 5 nitrogen and oxygen atoms in total. The molecule has 2 amide bonds. The van der Waals surface area contributed by atoms with Crippen LogP contribution < -0.4 is 16.4 Å². The van der Waals surface area contributed by atoms with Gasteiger partial charge in [-0.1, -0.05) is 19.8 Å². The van der Waals surface area contributed by atoms with Crippen molar-refractivity contribution in [3.05, 3.63) is 0 Å². The van der Waals surface area contributed by atoms with Crippen molar-refractivity contribution in [2.45, 2.75) is 63.8 Å². The first-order chi connectivity index (χ1) is 9.12. The Kier molecular flexibility index (Phi) is 6.84. The predicted octanol–water partition coefficient (Wildman–Crippen LogP) is 1.07. The predicted molar refractivity (Wildman–Crippen MR) is 75.5 cm³/mol. The van der Waals surface area contributed by atoms with Crippen LogP contribution in [0.15, 0.2) is 0 Å². The van der Waals surface area contributed by atoms with Gasteiger partial charge in [0.1, 0.15) is 0 Å². The molecule has 1 fully saturated rings. The van der Waals surface area contributed by atoms with Crippen molar-refractivity contribution >= 4 is 11.8 Å². The summed E-state index contributed by atoms with van der Waals surface area (Å²) in [5.74, 6) is 0.0553. The highest BCUT2D eigenvalue weighted by Crippen LogP contribution is 2.28. The van der Waals surface area contributed by atoms with Crippen LogP contribution in [0.2, 0.25) is 0 Å². The molecule has 4 N–H and O–H groups in total. The summed E-state index contributed by atoms with van der Waals surface area (Å²) in [6, 6.07) is 0. The lowest BCUT2D eigenvalue weighted by molar-refractivity contribution is -0.123. The Bertz CT molecular complexity index is 299. The van der Waals surface area contributed by atoms with Gasteiger partial charge in [-0.05, 0) is 25.7 Å². The second kappa shape index (κ2) is 8.15. The lowest BCUT2D eigenvalue weighted by atomic mass is 9.97. The van der Waals surface area contributed by atoms with E-state index >= 15 is 0 Å². The minimum Gasteiger partial charge on any atom is -0.356 e. The zero-order valence-corrected chi connectivity index (χ0v) is 12.0. The maximum Gasteiger partial charge on any atom is 0.220 e. The Morgan fingerprint density at radius 3 is 2.37 bits per heavy atom. The van der Waals surface area contributed by atoms with Gasteiger partial charge in [-0.2, -0.15) is 0 Å². The summed E-state index contributed by atoms with van der Waals surface area (Å²) in [5.41, 5.74) is 5.59. The van der Waals surface area contributed by atoms with Crippen LogP contribution in [0, 0.1) is 0 Å². The van der Waals surface area contributed by atoms with Crippen molar-refractivity contribution in [3.8, 4) is 0 Å². The molecule has 0 unspecified atom stereocenters. The third-order valence-corrected chi connectivity index (χ3v) is 3.74. The monoisotopic (exact) mass is 269 g/mol. The summed E-state index contributed by atoms with van der Waals surface area (Å²) < 4.78 is 0. The van der Waals surface area contributed by atoms with Gasteiger partial charge in [-0.15, -0.1) is 0 Å². The number of nitrogens with two attached hydrogens (primary N) is 1. The van der Waals surface area contributed by atoms with E-state index in [1.807, 2.05) is 6.92 Å². The van der Waals surface area contributed by atoms with E-state index in [9.17, 15) is 9.59 Å². The number of nitrogens with one attached hydrogen (secondary N) is 2. The summed E-state index contributed by atoms with van der Waals surface area (Å²) in [7, 11) is 0. The van der Waals surface area contributed by atoms with E-state index in [2.05, 4.69) is 10.6 Å². The maximum absolute atomic E-state index is 11.9. The molecule has 110 valence electrons. The second-order valence-corrected chi connectivity index (χ2v) is 5.44. The van der Waals surface area contributed by atoms with Gasteiger partial charge in [0.15, 0.2) is 0 Å². The highest BCUT2D eigenvalue weighted by molar-refractivity contribution is 5.79. The first kappa shape index (κ1) is 16.0. The first-order valence-corrected chi connectivity index (χ1v) is 7.39. The van der Waals surface area contributed by atoms with Crippen LogP contribution in [-0.4, -0.2) is 30.4 Å². The number of hydrogen-bond donors (Lipinski definition) is 3. The Labute approximate surface area is 115 Å². The first-order valence-electron chi connectivity index (χ1n) is 7.39. The molecule has 5 heteroatoms. The summed E-state index contributed by atoms with van der Waals surface area (Å²) in [5, 5.41) is 5.87. The third kappa shape index (κ3) is 5.59. The quantitative estimate of drug-likeness (QED) is 0.616. The topological polar surface area (TPSA) is 84.2 Å².